The number of pyridine rings is 1. The van der Waals surface area contributed by atoms with Gasteiger partial charge in [-0.2, -0.15) is 0 Å². The fraction of sp³-hybridized carbons (Fsp3) is 0.250. The van der Waals surface area contributed by atoms with E-state index in [1.807, 2.05) is 12.1 Å². The van der Waals surface area contributed by atoms with E-state index in [1.165, 1.54) is 0 Å². The fourth-order valence-electron chi connectivity index (χ4n) is 1.33. The lowest BCUT2D eigenvalue weighted by Crippen LogP contribution is -2.09. The number of hydrogen-bond donors (Lipinski definition) is 2. The summed E-state index contributed by atoms with van der Waals surface area (Å²) in [6.45, 7) is 4.24. The van der Waals surface area contributed by atoms with Crippen LogP contribution in [-0.2, 0) is 0 Å². The molecule has 2 heterocycles. The summed E-state index contributed by atoms with van der Waals surface area (Å²) in [4.78, 5) is 9.07. The number of nitrogens with zero attached hydrogens (tertiary/aromatic N) is 2. The van der Waals surface area contributed by atoms with Crippen LogP contribution in [0.3, 0.4) is 0 Å². The van der Waals surface area contributed by atoms with E-state index in [0.717, 1.165) is 22.2 Å². The molecule has 0 aliphatic rings. The Morgan fingerprint density at radius 1 is 1.44 bits per heavy atom. The Hall–Kier alpha value is -1.53. The highest BCUT2D eigenvalue weighted by Gasteiger charge is 2.06. The summed E-state index contributed by atoms with van der Waals surface area (Å²) in [6.07, 6.45) is 1.65. The summed E-state index contributed by atoms with van der Waals surface area (Å²) in [5, 5.41) is 6.05. The molecule has 0 spiro atoms. The standard InChI is InChI=1S/C12H14N4S2/c1-7(2)9-6-18-12(15-9)16-10-4-3-8(5-14-10)11(13)17/h3-7H,1-2H3,(H2,13,17)(H,14,15,16). The Balaban J connectivity index is 2.10. The minimum atomic E-state index is 0.352. The van der Waals surface area contributed by atoms with Crippen molar-refractivity contribution >= 4 is 39.5 Å². The van der Waals surface area contributed by atoms with E-state index in [0.29, 0.717) is 10.9 Å². The van der Waals surface area contributed by atoms with Gasteiger partial charge >= 0.3 is 0 Å². The topological polar surface area (TPSA) is 63.8 Å². The van der Waals surface area contributed by atoms with Crippen molar-refractivity contribution in [3.8, 4) is 0 Å². The van der Waals surface area contributed by atoms with Crippen LogP contribution in [0.4, 0.5) is 10.9 Å². The van der Waals surface area contributed by atoms with E-state index in [4.69, 9.17) is 18.0 Å². The molecular weight excluding hydrogens is 264 g/mol. The maximum Gasteiger partial charge on any atom is 0.188 e. The first-order valence-electron chi connectivity index (χ1n) is 5.54. The SMILES string of the molecule is CC(C)c1csc(Nc2ccc(C(N)=S)cn2)n1. The lowest BCUT2D eigenvalue weighted by Gasteiger charge is -2.03. The van der Waals surface area contributed by atoms with Gasteiger partial charge in [-0.1, -0.05) is 26.1 Å². The van der Waals surface area contributed by atoms with Gasteiger partial charge in [0.2, 0.25) is 0 Å². The van der Waals surface area contributed by atoms with Crippen LogP contribution in [0, 0.1) is 0 Å². The second-order valence-electron chi connectivity index (χ2n) is 4.15. The van der Waals surface area contributed by atoms with Crippen molar-refractivity contribution in [2.75, 3.05) is 5.32 Å². The van der Waals surface area contributed by atoms with Crippen molar-refractivity contribution in [1.82, 2.24) is 9.97 Å². The van der Waals surface area contributed by atoms with Gasteiger partial charge in [-0.25, -0.2) is 9.97 Å². The Labute approximate surface area is 115 Å². The number of thiazole rings is 1. The third-order valence-electron chi connectivity index (χ3n) is 2.40. The van der Waals surface area contributed by atoms with Gasteiger partial charge in [-0.3, -0.25) is 0 Å². The molecule has 2 aromatic rings. The predicted molar refractivity (Wildman–Crippen MR) is 79.6 cm³/mol. The highest BCUT2D eigenvalue weighted by atomic mass is 32.1. The minimum absolute atomic E-state index is 0.352. The number of nitrogens with one attached hydrogen (secondary N) is 1. The monoisotopic (exact) mass is 278 g/mol. The Morgan fingerprint density at radius 2 is 2.22 bits per heavy atom. The average molecular weight is 278 g/mol. The zero-order valence-electron chi connectivity index (χ0n) is 10.2. The number of thiocarbonyl (C=S) groups is 1. The van der Waals surface area contributed by atoms with Gasteiger partial charge < -0.3 is 11.1 Å². The number of rotatable bonds is 4. The molecule has 0 saturated heterocycles. The van der Waals surface area contributed by atoms with Crippen LogP contribution in [0.1, 0.15) is 31.0 Å². The molecule has 6 heteroatoms. The molecule has 3 N–H and O–H groups in total. The van der Waals surface area contributed by atoms with Crippen molar-refractivity contribution in [2.24, 2.45) is 5.73 Å². The largest absolute Gasteiger partial charge is 0.389 e. The quantitative estimate of drug-likeness (QED) is 0.842. The molecule has 0 atom stereocenters. The lowest BCUT2D eigenvalue weighted by molar-refractivity contribution is 0.834. The lowest BCUT2D eigenvalue weighted by atomic mass is 10.2. The molecule has 2 aromatic heterocycles. The molecule has 94 valence electrons. The molecule has 0 aliphatic carbocycles. The second kappa shape index (κ2) is 5.41. The van der Waals surface area contributed by atoms with Crippen molar-refractivity contribution in [1.29, 1.82) is 0 Å². The number of hydrogen-bond acceptors (Lipinski definition) is 5. The predicted octanol–water partition coefficient (Wildman–Crippen LogP) is 3.04. The van der Waals surface area contributed by atoms with Crippen molar-refractivity contribution in [3.05, 3.63) is 35.0 Å². The van der Waals surface area contributed by atoms with E-state index in [9.17, 15) is 0 Å². The molecule has 2 rings (SSSR count). The summed E-state index contributed by atoms with van der Waals surface area (Å²) in [6, 6.07) is 3.68. The van der Waals surface area contributed by atoms with Crippen LogP contribution in [0.15, 0.2) is 23.7 Å². The van der Waals surface area contributed by atoms with Gasteiger partial charge in [0.05, 0.1) is 5.69 Å². The normalized spacial score (nSPS) is 10.6. The minimum Gasteiger partial charge on any atom is -0.389 e. The van der Waals surface area contributed by atoms with Crippen molar-refractivity contribution in [2.45, 2.75) is 19.8 Å². The number of aromatic nitrogens is 2. The molecule has 0 radical (unpaired) electrons. The van der Waals surface area contributed by atoms with Gasteiger partial charge in [0.15, 0.2) is 5.13 Å². The smallest absolute Gasteiger partial charge is 0.188 e. The average Bonchev–Trinajstić information content (AvgIpc) is 2.78. The zero-order valence-corrected chi connectivity index (χ0v) is 11.8. The molecule has 18 heavy (non-hydrogen) atoms. The van der Waals surface area contributed by atoms with Gasteiger partial charge in [0, 0.05) is 17.1 Å². The first kappa shape index (κ1) is 12.9. The summed E-state index contributed by atoms with van der Waals surface area (Å²) in [5.41, 5.74) is 7.36. The summed E-state index contributed by atoms with van der Waals surface area (Å²) in [5.74, 6) is 1.17. The highest BCUT2D eigenvalue weighted by molar-refractivity contribution is 7.80. The van der Waals surface area contributed by atoms with Crippen LogP contribution in [0.5, 0.6) is 0 Å². The van der Waals surface area contributed by atoms with Crippen LogP contribution in [0.2, 0.25) is 0 Å². The molecule has 0 aromatic carbocycles. The van der Waals surface area contributed by atoms with E-state index < -0.39 is 0 Å². The molecule has 0 bridgehead atoms. The number of nitrogens with two attached hydrogens (primary N) is 1. The summed E-state index contributed by atoms with van der Waals surface area (Å²) >= 11 is 6.44. The molecular formula is C12H14N4S2. The molecule has 0 amide bonds. The molecule has 0 unspecified atom stereocenters. The Morgan fingerprint density at radius 3 is 2.72 bits per heavy atom. The van der Waals surface area contributed by atoms with Crippen LogP contribution >= 0.6 is 23.6 Å². The Bertz CT molecular complexity index is 545. The van der Waals surface area contributed by atoms with Crippen LogP contribution in [0.25, 0.3) is 0 Å². The van der Waals surface area contributed by atoms with Gasteiger partial charge in [0.1, 0.15) is 10.8 Å². The van der Waals surface area contributed by atoms with Gasteiger partial charge in [-0.05, 0) is 18.1 Å². The maximum absolute atomic E-state index is 5.51. The van der Waals surface area contributed by atoms with Gasteiger partial charge in [0.25, 0.3) is 0 Å². The van der Waals surface area contributed by atoms with Crippen LogP contribution in [-0.4, -0.2) is 15.0 Å². The highest BCUT2D eigenvalue weighted by Crippen LogP contribution is 2.23. The van der Waals surface area contributed by atoms with E-state index in [1.54, 1.807) is 17.5 Å². The molecule has 0 aliphatic heterocycles. The fourth-order valence-corrected chi connectivity index (χ4v) is 2.33. The van der Waals surface area contributed by atoms with E-state index >= 15 is 0 Å². The maximum atomic E-state index is 5.51. The summed E-state index contributed by atoms with van der Waals surface area (Å²) < 4.78 is 0. The van der Waals surface area contributed by atoms with E-state index in [-0.39, 0.29) is 0 Å². The van der Waals surface area contributed by atoms with E-state index in [2.05, 4.69) is 34.5 Å². The summed E-state index contributed by atoms with van der Waals surface area (Å²) in [7, 11) is 0. The second-order valence-corrected chi connectivity index (χ2v) is 5.45. The molecule has 0 fully saturated rings. The molecule has 4 nitrogen and oxygen atoms in total. The Kier molecular flexibility index (Phi) is 3.88. The van der Waals surface area contributed by atoms with Crippen molar-refractivity contribution < 1.29 is 0 Å². The van der Waals surface area contributed by atoms with Crippen molar-refractivity contribution in [3.63, 3.8) is 0 Å². The number of anilines is 2. The first-order valence-corrected chi connectivity index (χ1v) is 6.83. The van der Waals surface area contributed by atoms with Crippen LogP contribution < -0.4 is 11.1 Å². The van der Waals surface area contributed by atoms with Gasteiger partial charge in [-0.15, -0.1) is 11.3 Å². The first-order chi connectivity index (χ1) is 8.56. The third kappa shape index (κ3) is 3.02. The third-order valence-corrected chi connectivity index (χ3v) is 3.41. The molecule has 0 saturated carbocycles. The zero-order chi connectivity index (χ0) is 13.1.